The van der Waals surface area contributed by atoms with Gasteiger partial charge in [0, 0.05) is 6.92 Å². The van der Waals surface area contributed by atoms with E-state index in [4.69, 9.17) is 14.0 Å². The molecule has 3 aromatic rings. The van der Waals surface area contributed by atoms with Crippen LogP contribution in [0.1, 0.15) is 40.6 Å². The maximum absolute atomic E-state index is 13.9. The summed E-state index contributed by atoms with van der Waals surface area (Å²) in [6.07, 6.45) is 0. The Morgan fingerprint density at radius 3 is 2.71 bits per heavy atom. The number of nitrogens with one attached hydrogen (secondary N) is 1. The predicted octanol–water partition coefficient (Wildman–Crippen LogP) is 3.60. The van der Waals surface area contributed by atoms with Crippen molar-refractivity contribution in [2.24, 2.45) is 0 Å². The predicted molar refractivity (Wildman–Crippen MR) is 98.6 cm³/mol. The van der Waals surface area contributed by atoms with E-state index in [1.54, 1.807) is 44.2 Å². The molecule has 0 saturated carbocycles. The van der Waals surface area contributed by atoms with E-state index >= 15 is 0 Å². The lowest BCUT2D eigenvalue weighted by molar-refractivity contribution is 0.0935. The lowest BCUT2D eigenvalue weighted by Gasteiger charge is -2.17. The third-order valence-electron chi connectivity index (χ3n) is 4.08. The molecular weight excluding hydrogens is 365 g/mol. The minimum absolute atomic E-state index is 0.0703. The lowest BCUT2D eigenvalue weighted by atomic mass is 10.1. The normalized spacial score (nSPS) is 11.7. The van der Waals surface area contributed by atoms with Crippen LogP contribution in [-0.2, 0) is 6.61 Å². The van der Waals surface area contributed by atoms with Gasteiger partial charge in [0.2, 0.25) is 11.7 Å². The summed E-state index contributed by atoms with van der Waals surface area (Å²) in [4.78, 5) is 16.8. The van der Waals surface area contributed by atoms with Crippen molar-refractivity contribution >= 4 is 5.91 Å². The van der Waals surface area contributed by atoms with E-state index in [1.165, 1.54) is 19.2 Å². The van der Waals surface area contributed by atoms with E-state index in [9.17, 15) is 9.18 Å². The molecule has 8 heteroatoms. The Labute approximate surface area is 161 Å². The number of para-hydroxylation sites is 1. The molecular formula is C20H20FN3O4. The van der Waals surface area contributed by atoms with E-state index in [0.29, 0.717) is 28.6 Å². The Balaban J connectivity index is 1.70. The van der Waals surface area contributed by atoms with Crippen LogP contribution >= 0.6 is 0 Å². The molecule has 3 rings (SSSR count). The van der Waals surface area contributed by atoms with Crippen molar-refractivity contribution in [3.63, 3.8) is 0 Å². The summed E-state index contributed by atoms with van der Waals surface area (Å²) >= 11 is 0. The maximum Gasteiger partial charge on any atom is 0.255 e. The van der Waals surface area contributed by atoms with Crippen LogP contribution in [-0.4, -0.2) is 23.2 Å². The van der Waals surface area contributed by atoms with Gasteiger partial charge in [-0.3, -0.25) is 4.79 Å². The first-order valence-electron chi connectivity index (χ1n) is 8.63. The highest BCUT2D eigenvalue weighted by atomic mass is 19.1. The van der Waals surface area contributed by atoms with Gasteiger partial charge in [-0.2, -0.15) is 4.98 Å². The Bertz CT molecular complexity index is 974. The number of nitrogens with zero attached hydrogens (tertiary/aromatic N) is 2. The van der Waals surface area contributed by atoms with Crippen LogP contribution in [0.15, 0.2) is 47.0 Å². The van der Waals surface area contributed by atoms with Crippen molar-refractivity contribution in [3.8, 4) is 11.5 Å². The second-order valence-electron chi connectivity index (χ2n) is 6.10. The molecule has 0 saturated heterocycles. The van der Waals surface area contributed by atoms with Gasteiger partial charge in [0.25, 0.3) is 5.91 Å². The van der Waals surface area contributed by atoms with E-state index < -0.39 is 11.9 Å². The Hall–Kier alpha value is -3.42. The zero-order valence-corrected chi connectivity index (χ0v) is 15.7. The van der Waals surface area contributed by atoms with Gasteiger partial charge in [0.05, 0.1) is 18.7 Å². The Morgan fingerprint density at radius 2 is 2.04 bits per heavy atom. The summed E-state index contributed by atoms with van der Waals surface area (Å²) in [5.74, 6) is 0.525. The number of benzene rings is 2. The average Bonchev–Trinajstić information content (AvgIpc) is 3.11. The smallest absolute Gasteiger partial charge is 0.255 e. The topological polar surface area (TPSA) is 86.5 Å². The molecule has 0 fully saturated rings. The van der Waals surface area contributed by atoms with Crippen LogP contribution in [0.25, 0.3) is 0 Å². The number of rotatable bonds is 7. The van der Waals surface area contributed by atoms with Crippen molar-refractivity contribution in [3.05, 3.63) is 71.1 Å². The molecule has 1 atom stereocenters. The number of hydrogen-bond acceptors (Lipinski definition) is 6. The number of aromatic nitrogens is 2. The summed E-state index contributed by atoms with van der Waals surface area (Å²) in [5, 5.41) is 6.60. The quantitative estimate of drug-likeness (QED) is 0.669. The first kappa shape index (κ1) is 19.3. The second kappa shape index (κ2) is 8.51. The minimum atomic E-state index is -0.486. The molecule has 0 aliphatic carbocycles. The molecule has 1 amide bonds. The summed E-state index contributed by atoms with van der Waals surface area (Å²) in [7, 11) is 1.40. The molecule has 7 nitrogen and oxygen atoms in total. The zero-order valence-electron chi connectivity index (χ0n) is 15.7. The van der Waals surface area contributed by atoms with Crippen molar-refractivity contribution in [2.45, 2.75) is 26.5 Å². The standard InChI is InChI=1S/C20H20FN3O4/c1-12(14-8-9-18(26-3)16(21)10-14)22-20(25)15-6-4-5-7-17(15)27-11-19-23-13(2)28-24-19/h4-10,12H,11H2,1-3H3,(H,22,25). The molecule has 0 bridgehead atoms. The highest BCUT2D eigenvalue weighted by Gasteiger charge is 2.17. The van der Waals surface area contributed by atoms with Gasteiger partial charge >= 0.3 is 0 Å². The number of amides is 1. The Morgan fingerprint density at radius 1 is 1.25 bits per heavy atom. The first-order chi connectivity index (χ1) is 13.5. The van der Waals surface area contributed by atoms with Crippen LogP contribution in [0, 0.1) is 12.7 Å². The fraction of sp³-hybridized carbons (Fsp3) is 0.250. The van der Waals surface area contributed by atoms with Gasteiger partial charge in [-0.1, -0.05) is 23.4 Å². The number of halogens is 1. The molecule has 1 unspecified atom stereocenters. The van der Waals surface area contributed by atoms with Gasteiger partial charge in [0.1, 0.15) is 5.75 Å². The molecule has 0 spiro atoms. The SMILES string of the molecule is COc1ccc(C(C)NC(=O)c2ccccc2OCc2noc(C)n2)cc1F. The van der Waals surface area contributed by atoms with Gasteiger partial charge < -0.3 is 19.3 Å². The lowest BCUT2D eigenvalue weighted by Crippen LogP contribution is -2.27. The third-order valence-corrected chi connectivity index (χ3v) is 4.08. The largest absolute Gasteiger partial charge is 0.494 e. The molecule has 28 heavy (non-hydrogen) atoms. The van der Waals surface area contributed by atoms with Crippen molar-refractivity contribution < 1.29 is 23.2 Å². The van der Waals surface area contributed by atoms with Gasteiger partial charge in [0.15, 0.2) is 18.2 Å². The van der Waals surface area contributed by atoms with E-state index in [1.807, 2.05) is 0 Å². The summed E-state index contributed by atoms with van der Waals surface area (Å²) in [6, 6.07) is 11.0. The molecule has 1 aromatic heterocycles. The average molecular weight is 385 g/mol. The van der Waals surface area contributed by atoms with Crippen LogP contribution in [0.5, 0.6) is 11.5 Å². The molecule has 1 heterocycles. The summed E-state index contributed by atoms with van der Waals surface area (Å²) in [5.41, 5.74) is 0.968. The molecule has 0 radical (unpaired) electrons. The van der Waals surface area contributed by atoms with E-state index in [-0.39, 0.29) is 18.3 Å². The fourth-order valence-corrected chi connectivity index (χ4v) is 2.63. The summed E-state index contributed by atoms with van der Waals surface area (Å²) < 4.78 is 29.4. The monoisotopic (exact) mass is 385 g/mol. The fourth-order valence-electron chi connectivity index (χ4n) is 2.63. The third kappa shape index (κ3) is 4.46. The number of aryl methyl sites for hydroxylation is 1. The number of ether oxygens (including phenoxy) is 2. The molecule has 2 aromatic carbocycles. The van der Waals surface area contributed by atoms with Crippen molar-refractivity contribution in [2.75, 3.05) is 7.11 Å². The molecule has 0 aliphatic rings. The molecule has 0 aliphatic heterocycles. The highest BCUT2D eigenvalue weighted by molar-refractivity contribution is 5.97. The molecule has 1 N–H and O–H groups in total. The van der Waals surface area contributed by atoms with Crippen LogP contribution < -0.4 is 14.8 Å². The van der Waals surface area contributed by atoms with Crippen molar-refractivity contribution in [1.29, 1.82) is 0 Å². The number of hydrogen-bond donors (Lipinski definition) is 1. The number of methoxy groups -OCH3 is 1. The van der Waals surface area contributed by atoms with Gasteiger partial charge in [-0.25, -0.2) is 4.39 Å². The van der Waals surface area contributed by atoms with Gasteiger partial charge in [-0.05, 0) is 36.8 Å². The molecule has 146 valence electrons. The first-order valence-corrected chi connectivity index (χ1v) is 8.63. The summed E-state index contributed by atoms with van der Waals surface area (Å²) in [6.45, 7) is 3.52. The highest BCUT2D eigenvalue weighted by Crippen LogP contribution is 2.23. The van der Waals surface area contributed by atoms with Crippen molar-refractivity contribution in [1.82, 2.24) is 15.5 Å². The number of carbonyl (C=O) groups is 1. The maximum atomic E-state index is 13.9. The second-order valence-corrected chi connectivity index (χ2v) is 6.10. The van der Waals surface area contributed by atoms with Crippen LogP contribution in [0.4, 0.5) is 4.39 Å². The van der Waals surface area contributed by atoms with E-state index in [0.717, 1.165) is 0 Å². The Kier molecular flexibility index (Phi) is 5.88. The van der Waals surface area contributed by atoms with Crippen LogP contribution in [0.3, 0.4) is 0 Å². The minimum Gasteiger partial charge on any atom is -0.494 e. The van der Waals surface area contributed by atoms with Crippen LogP contribution in [0.2, 0.25) is 0 Å². The van der Waals surface area contributed by atoms with E-state index in [2.05, 4.69) is 15.5 Å². The number of carbonyl (C=O) groups excluding carboxylic acids is 1. The zero-order chi connectivity index (χ0) is 20.1. The van der Waals surface area contributed by atoms with Gasteiger partial charge in [-0.15, -0.1) is 0 Å².